The van der Waals surface area contributed by atoms with Crippen LogP contribution in [0.3, 0.4) is 0 Å². The summed E-state index contributed by atoms with van der Waals surface area (Å²) in [6.07, 6.45) is 1.64. The minimum atomic E-state index is -0.227. The van der Waals surface area contributed by atoms with Crippen LogP contribution < -0.4 is 15.2 Å². The van der Waals surface area contributed by atoms with Crippen molar-refractivity contribution < 1.29 is 4.79 Å². The van der Waals surface area contributed by atoms with E-state index in [1.807, 2.05) is 74.4 Å². The molecule has 0 aliphatic heterocycles. The highest BCUT2D eigenvalue weighted by molar-refractivity contribution is 5.95. The van der Waals surface area contributed by atoms with Gasteiger partial charge in [0.15, 0.2) is 0 Å². The van der Waals surface area contributed by atoms with Crippen LogP contribution in [0.2, 0.25) is 0 Å². The molecule has 23 heavy (non-hydrogen) atoms. The minimum Gasteiger partial charge on any atom is -0.378 e. The molecule has 1 N–H and O–H groups in total. The van der Waals surface area contributed by atoms with E-state index < -0.39 is 0 Å². The quantitative estimate of drug-likeness (QED) is 0.682. The largest absolute Gasteiger partial charge is 0.378 e. The van der Waals surface area contributed by atoms with Crippen molar-refractivity contribution in [1.29, 1.82) is 0 Å². The molecule has 5 nitrogen and oxygen atoms in total. The van der Waals surface area contributed by atoms with Gasteiger partial charge in [-0.05, 0) is 42.0 Å². The van der Waals surface area contributed by atoms with E-state index in [4.69, 9.17) is 0 Å². The third-order valence-corrected chi connectivity index (χ3v) is 3.41. The standard InChI is InChI=1S/C18H22N4O/c1-21(2)16-10-8-15(9-11-16)18(23)20-19-13-14-6-5-7-17(12-14)22(3)4/h5-13H,1-4H3,(H,20,23)/b19-13+. The first kappa shape index (κ1) is 16.5. The molecule has 0 atom stereocenters. The van der Waals surface area contributed by atoms with Crippen molar-refractivity contribution in [3.8, 4) is 0 Å². The van der Waals surface area contributed by atoms with Gasteiger partial charge in [-0.3, -0.25) is 4.79 Å². The Labute approximate surface area is 137 Å². The number of carbonyl (C=O) groups is 1. The molecule has 0 aliphatic rings. The Kier molecular flexibility index (Phi) is 5.36. The van der Waals surface area contributed by atoms with Crippen molar-refractivity contribution in [1.82, 2.24) is 5.43 Å². The zero-order valence-electron chi connectivity index (χ0n) is 13.9. The maximum Gasteiger partial charge on any atom is 0.271 e. The summed E-state index contributed by atoms with van der Waals surface area (Å²) >= 11 is 0. The number of rotatable bonds is 5. The summed E-state index contributed by atoms with van der Waals surface area (Å²) in [6, 6.07) is 15.3. The molecule has 0 bridgehead atoms. The maximum atomic E-state index is 12.0. The summed E-state index contributed by atoms with van der Waals surface area (Å²) < 4.78 is 0. The van der Waals surface area contributed by atoms with Gasteiger partial charge >= 0.3 is 0 Å². The Balaban J connectivity index is 1.99. The highest BCUT2D eigenvalue weighted by Crippen LogP contribution is 2.13. The van der Waals surface area contributed by atoms with Crippen LogP contribution in [0.5, 0.6) is 0 Å². The number of hydrazone groups is 1. The van der Waals surface area contributed by atoms with E-state index in [9.17, 15) is 4.79 Å². The monoisotopic (exact) mass is 310 g/mol. The van der Waals surface area contributed by atoms with Crippen molar-refractivity contribution in [3.63, 3.8) is 0 Å². The highest BCUT2D eigenvalue weighted by Gasteiger charge is 2.04. The summed E-state index contributed by atoms with van der Waals surface area (Å²) in [5, 5.41) is 4.02. The molecular weight excluding hydrogens is 288 g/mol. The van der Waals surface area contributed by atoms with Gasteiger partial charge < -0.3 is 9.80 Å². The Bertz CT molecular complexity index is 690. The Hall–Kier alpha value is -2.82. The number of nitrogens with zero attached hydrogens (tertiary/aromatic N) is 3. The van der Waals surface area contributed by atoms with Gasteiger partial charge in [0.1, 0.15) is 0 Å². The van der Waals surface area contributed by atoms with Gasteiger partial charge in [0, 0.05) is 45.1 Å². The number of anilines is 2. The van der Waals surface area contributed by atoms with Gasteiger partial charge in [-0.15, -0.1) is 0 Å². The van der Waals surface area contributed by atoms with Crippen LogP contribution in [0.25, 0.3) is 0 Å². The van der Waals surface area contributed by atoms with Gasteiger partial charge in [0.2, 0.25) is 0 Å². The third kappa shape index (κ3) is 4.57. The molecule has 0 saturated carbocycles. The molecule has 1 amide bonds. The lowest BCUT2D eigenvalue weighted by atomic mass is 10.2. The van der Waals surface area contributed by atoms with Crippen molar-refractivity contribution in [3.05, 3.63) is 59.7 Å². The smallest absolute Gasteiger partial charge is 0.271 e. The highest BCUT2D eigenvalue weighted by atomic mass is 16.2. The maximum absolute atomic E-state index is 12.0. The fourth-order valence-corrected chi connectivity index (χ4v) is 2.02. The summed E-state index contributed by atoms with van der Waals surface area (Å²) in [7, 11) is 7.88. The molecule has 5 heteroatoms. The molecule has 2 aromatic carbocycles. The molecule has 120 valence electrons. The summed E-state index contributed by atoms with van der Waals surface area (Å²) in [6.45, 7) is 0. The van der Waals surface area contributed by atoms with E-state index in [0.29, 0.717) is 5.56 Å². The number of hydrogen-bond donors (Lipinski definition) is 1. The Morgan fingerprint density at radius 1 is 0.957 bits per heavy atom. The molecular formula is C18H22N4O. The van der Waals surface area contributed by atoms with Gasteiger partial charge in [-0.1, -0.05) is 12.1 Å². The van der Waals surface area contributed by atoms with Gasteiger partial charge in [-0.25, -0.2) is 5.43 Å². The number of hydrogen-bond acceptors (Lipinski definition) is 4. The van der Waals surface area contributed by atoms with Crippen LogP contribution in [0.1, 0.15) is 15.9 Å². The van der Waals surface area contributed by atoms with Gasteiger partial charge in [-0.2, -0.15) is 5.10 Å². The second-order valence-corrected chi connectivity index (χ2v) is 5.63. The fraction of sp³-hybridized carbons (Fsp3) is 0.222. The Morgan fingerprint density at radius 3 is 2.22 bits per heavy atom. The van der Waals surface area contributed by atoms with E-state index >= 15 is 0 Å². The lowest BCUT2D eigenvalue weighted by Crippen LogP contribution is -2.18. The molecule has 0 unspecified atom stereocenters. The lowest BCUT2D eigenvalue weighted by Gasteiger charge is -2.12. The second kappa shape index (κ2) is 7.45. The number of nitrogens with one attached hydrogen (secondary N) is 1. The van der Waals surface area contributed by atoms with Crippen molar-refractivity contribution in [2.45, 2.75) is 0 Å². The normalized spacial score (nSPS) is 10.6. The fourth-order valence-electron chi connectivity index (χ4n) is 2.02. The number of benzene rings is 2. The lowest BCUT2D eigenvalue weighted by molar-refractivity contribution is 0.0955. The first-order chi connectivity index (χ1) is 11.0. The zero-order chi connectivity index (χ0) is 16.8. The molecule has 0 aromatic heterocycles. The predicted octanol–water partition coefficient (Wildman–Crippen LogP) is 2.58. The van der Waals surface area contributed by atoms with E-state index in [1.165, 1.54) is 0 Å². The molecule has 2 rings (SSSR count). The van der Waals surface area contributed by atoms with E-state index in [0.717, 1.165) is 16.9 Å². The molecule has 0 heterocycles. The predicted molar refractivity (Wildman–Crippen MR) is 96.6 cm³/mol. The molecule has 0 spiro atoms. The topological polar surface area (TPSA) is 47.9 Å². The Morgan fingerprint density at radius 2 is 1.61 bits per heavy atom. The van der Waals surface area contributed by atoms with Crippen molar-refractivity contribution in [2.24, 2.45) is 5.10 Å². The van der Waals surface area contributed by atoms with Crippen LogP contribution >= 0.6 is 0 Å². The van der Waals surface area contributed by atoms with Crippen LogP contribution in [0.15, 0.2) is 53.6 Å². The van der Waals surface area contributed by atoms with Crippen LogP contribution in [0.4, 0.5) is 11.4 Å². The number of carbonyl (C=O) groups excluding carboxylic acids is 1. The van der Waals surface area contributed by atoms with E-state index in [-0.39, 0.29) is 5.91 Å². The average molecular weight is 310 g/mol. The molecule has 0 saturated heterocycles. The van der Waals surface area contributed by atoms with Crippen molar-refractivity contribution in [2.75, 3.05) is 38.0 Å². The van der Waals surface area contributed by atoms with Gasteiger partial charge in [0.25, 0.3) is 5.91 Å². The average Bonchev–Trinajstić information content (AvgIpc) is 2.55. The van der Waals surface area contributed by atoms with Gasteiger partial charge in [0.05, 0.1) is 6.21 Å². The summed E-state index contributed by atoms with van der Waals surface area (Å²) in [5.74, 6) is -0.227. The minimum absolute atomic E-state index is 0.227. The molecule has 2 aromatic rings. The summed E-state index contributed by atoms with van der Waals surface area (Å²) in [5.41, 5.74) is 6.19. The summed E-state index contributed by atoms with van der Waals surface area (Å²) in [4.78, 5) is 16.0. The zero-order valence-corrected chi connectivity index (χ0v) is 13.9. The molecule has 0 fully saturated rings. The number of amides is 1. The molecule has 0 radical (unpaired) electrons. The van der Waals surface area contributed by atoms with E-state index in [2.05, 4.69) is 10.5 Å². The first-order valence-electron chi connectivity index (χ1n) is 7.35. The van der Waals surface area contributed by atoms with Crippen molar-refractivity contribution >= 4 is 23.5 Å². The second-order valence-electron chi connectivity index (χ2n) is 5.63. The SMILES string of the molecule is CN(C)c1ccc(C(=O)N/N=C/c2cccc(N(C)C)c2)cc1. The van der Waals surface area contributed by atoms with Crippen LogP contribution in [-0.4, -0.2) is 40.3 Å². The molecule has 0 aliphatic carbocycles. The van der Waals surface area contributed by atoms with Crippen LogP contribution in [-0.2, 0) is 0 Å². The van der Waals surface area contributed by atoms with E-state index in [1.54, 1.807) is 18.3 Å². The first-order valence-corrected chi connectivity index (χ1v) is 7.35. The third-order valence-electron chi connectivity index (χ3n) is 3.41. The van der Waals surface area contributed by atoms with Crippen LogP contribution in [0, 0.1) is 0 Å².